The van der Waals surface area contributed by atoms with Gasteiger partial charge in [0.25, 0.3) is 0 Å². The third-order valence-electron chi connectivity index (χ3n) is 1.82. The molecule has 1 heterocycles. The van der Waals surface area contributed by atoms with Crippen LogP contribution in [0.2, 0.25) is 0 Å². The molecule has 3 N–H and O–H groups in total. The predicted octanol–water partition coefficient (Wildman–Crippen LogP) is -0.319. The number of hydrogen-bond acceptors (Lipinski definition) is 4. The molecule has 1 aliphatic heterocycles. The second-order valence-electron chi connectivity index (χ2n) is 2.60. The zero-order valence-electron chi connectivity index (χ0n) is 5.99. The Hall–Kier alpha value is -0.650. The van der Waals surface area contributed by atoms with Crippen molar-refractivity contribution >= 4 is 5.97 Å². The number of aliphatic carboxylic acids is 1. The molecule has 0 saturated carbocycles. The van der Waals surface area contributed by atoms with E-state index >= 15 is 0 Å². The van der Waals surface area contributed by atoms with Crippen LogP contribution < -0.4 is 5.32 Å². The molecule has 0 radical (unpaired) electrons. The SMILES string of the molecule is O=C(O)C1CCC(OO)CN1. The first-order chi connectivity index (χ1) is 5.24. The van der Waals surface area contributed by atoms with Crippen LogP contribution in [0.25, 0.3) is 0 Å². The van der Waals surface area contributed by atoms with Crippen molar-refractivity contribution in [2.45, 2.75) is 25.0 Å². The third kappa shape index (κ3) is 2.14. The normalized spacial score (nSPS) is 31.7. The largest absolute Gasteiger partial charge is 0.480 e. The van der Waals surface area contributed by atoms with Crippen LogP contribution in [0.1, 0.15) is 12.8 Å². The maximum absolute atomic E-state index is 10.4. The van der Waals surface area contributed by atoms with Gasteiger partial charge in [0.15, 0.2) is 0 Å². The minimum atomic E-state index is -0.846. The minimum absolute atomic E-state index is 0.259. The van der Waals surface area contributed by atoms with Crippen LogP contribution in [0.4, 0.5) is 0 Å². The maximum atomic E-state index is 10.4. The molecule has 11 heavy (non-hydrogen) atoms. The minimum Gasteiger partial charge on any atom is -0.480 e. The van der Waals surface area contributed by atoms with E-state index in [0.717, 1.165) is 0 Å². The van der Waals surface area contributed by atoms with Crippen LogP contribution in [0.3, 0.4) is 0 Å². The summed E-state index contributed by atoms with van der Waals surface area (Å²) in [5, 5.41) is 19.5. The zero-order valence-corrected chi connectivity index (χ0v) is 5.99. The van der Waals surface area contributed by atoms with E-state index < -0.39 is 12.0 Å². The topological polar surface area (TPSA) is 78.8 Å². The summed E-state index contributed by atoms with van der Waals surface area (Å²) in [5.41, 5.74) is 0. The van der Waals surface area contributed by atoms with Gasteiger partial charge >= 0.3 is 5.97 Å². The summed E-state index contributed by atoms with van der Waals surface area (Å²) in [7, 11) is 0. The Kier molecular flexibility index (Phi) is 2.81. The summed E-state index contributed by atoms with van der Waals surface area (Å²) in [5.74, 6) is -0.846. The maximum Gasteiger partial charge on any atom is 0.320 e. The molecule has 0 spiro atoms. The number of nitrogens with one attached hydrogen (secondary N) is 1. The highest BCUT2D eigenvalue weighted by Gasteiger charge is 2.25. The Morgan fingerprint density at radius 1 is 1.55 bits per heavy atom. The molecule has 2 atom stereocenters. The molecule has 0 aliphatic carbocycles. The van der Waals surface area contributed by atoms with Gasteiger partial charge in [-0.15, -0.1) is 0 Å². The fraction of sp³-hybridized carbons (Fsp3) is 0.833. The summed E-state index contributed by atoms with van der Waals surface area (Å²) >= 11 is 0. The second-order valence-corrected chi connectivity index (χ2v) is 2.60. The van der Waals surface area contributed by atoms with Gasteiger partial charge in [-0.05, 0) is 12.8 Å². The van der Waals surface area contributed by atoms with Crippen LogP contribution in [-0.2, 0) is 9.68 Å². The monoisotopic (exact) mass is 161 g/mol. The number of hydrogen-bond donors (Lipinski definition) is 3. The van der Waals surface area contributed by atoms with Crippen molar-refractivity contribution in [1.82, 2.24) is 5.32 Å². The smallest absolute Gasteiger partial charge is 0.320 e. The van der Waals surface area contributed by atoms with E-state index in [4.69, 9.17) is 10.4 Å². The van der Waals surface area contributed by atoms with Crippen LogP contribution >= 0.6 is 0 Å². The molecule has 0 bridgehead atoms. The average molecular weight is 161 g/mol. The van der Waals surface area contributed by atoms with Crippen molar-refractivity contribution in [2.75, 3.05) is 6.54 Å². The lowest BCUT2D eigenvalue weighted by molar-refractivity contribution is -0.281. The van der Waals surface area contributed by atoms with Gasteiger partial charge in [-0.25, -0.2) is 4.89 Å². The molecule has 5 heteroatoms. The van der Waals surface area contributed by atoms with Crippen molar-refractivity contribution in [3.8, 4) is 0 Å². The quantitative estimate of drug-likeness (QED) is 0.382. The van der Waals surface area contributed by atoms with Gasteiger partial charge in [-0.1, -0.05) is 0 Å². The highest BCUT2D eigenvalue weighted by atomic mass is 17.1. The Balaban J connectivity index is 2.30. The van der Waals surface area contributed by atoms with Crippen LogP contribution in [0.15, 0.2) is 0 Å². The average Bonchev–Trinajstić information content (AvgIpc) is 2.05. The van der Waals surface area contributed by atoms with E-state index in [9.17, 15) is 4.79 Å². The summed E-state index contributed by atoms with van der Waals surface area (Å²) in [4.78, 5) is 14.4. The molecule has 0 aromatic carbocycles. The van der Waals surface area contributed by atoms with Gasteiger partial charge < -0.3 is 10.4 Å². The van der Waals surface area contributed by atoms with E-state index in [1.165, 1.54) is 0 Å². The zero-order chi connectivity index (χ0) is 8.27. The molecule has 0 amide bonds. The number of carbonyl (C=O) groups is 1. The molecular formula is C6H11NO4. The lowest BCUT2D eigenvalue weighted by Gasteiger charge is -2.24. The number of carboxylic acid groups (broad SMARTS) is 1. The molecule has 1 rings (SSSR count). The predicted molar refractivity (Wildman–Crippen MR) is 36.2 cm³/mol. The number of rotatable bonds is 2. The van der Waals surface area contributed by atoms with E-state index in [0.29, 0.717) is 19.4 Å². The second kappa shape index (κ2) is 3.66. The van der Waals surface area contributed by atoms with Gasteiger partial charge in [0.2, 0.25) is 0 Å². The Morgan fingerprint density at radius 2 is 2.27 bits per heavy atom. The first-order valence-electron chi connectivity index (χ1n) is 3.50. The number of carboxylic acids is 1. The fourth-order valence-corrected chi connectivity index (χ4v) is 1.13. The highest BCUT2D eigenvalue weighted by Crippen LogP contribution is 2.09. The van der Waals surface area contributed by atoms with Crippen molar-refractivity contribution in [3.05, 3.63) is 0 Å². The summed E-state index contributed by atoms with van der Waals surface area (Å²) in [6.45, 7) is 0.396. The molecule has 64 valence electrons. The Morgan fingerprint density at radius 3 is 2.64 bits per heavy atom. The van der Waals surface area contributed by atoms with Crippen molar-refractivity contribution in [2.24, 2.45) is 0 Å². The van der Waals surface area contributed by atoms with Crippen LogP contribution in [0.5, 0.6) is 0 Å². The first kappa shape index (κ1) is 8.45. The fourth-order valence-electron chi connectivity index (χ4n) is 1.13. The Bertz CT molecular complexity index is 142. The molecule has 1 saturated heterocycles. The molecule has 1 fully saturated rings. The van der Waals surface area contributed by atoms with Crippen molar-refractivity contribution < 1.29 is 20.0 Å². The summed E-state index contributed by atoms with van der Waals surface area (Å²) in [6.07, 6.45) is 0.826. The molecule has 5 nitrogen and oxygen atoms in total. The van der Waals surface area contributed by atoms with Crippen molar-refractivity contribution in [1.29, 1.82) is 0 Å². The standard InChI is InChI=1S/C6H11NO4/c8-6(9)5-2-1-4(11-10)3-7-5/h4-5,7,10H,1-3H2,(H,8,9). The van der Waals surface area contributed by atoms with Crippen molar-refractivity contribution in [3.63, 3.8) is 0 Å². The van der Waals surface area contributed by atoms with Gasteiger partial charge in [0, 0.05) is 6.54 Å². The Labute approximate surface area is 63.9 Å². The van der Waals surface area contributed by atoms with Gasteiger partial charge in [0.05, 0.1) is 0 Å². The van der Waals surface area contributed by atoms with Crippen LogP contribution in [0, 0.1) is 0 Å². The number of piperidine rings is 1. The van der Waals surface area contributed by atoms with E-state index in [2.05, 4.69) is 10.2 Å². The molecule has 0 aromatic rings. The lowest BCUT2D eigenvalue weighted by atomic mass is 10.0. The third-order valence-corrected chi connectivity index (χ3v) is 1.82. The summed E-state index contributed by atoms with van der Waals surface area (Å²) in [6, 6.07) is -0.485. The van der Waals surface area contributed by atoms with Gasteiger partial charge in [-0.3, -0.25) is 10.1 Å². The molecular weight excluding hydrogens is 150 g/mol. The summed E-state index contributed by atoms with van der Waals surface area (Å²) < 4.78 is 0. The van der Waals surface area contributed by atoms with E-state index in [-0.39, 0.29) is 6.10 Å². The van der Waals surface area contributed by atoms with E-state index in [1.807, 2.05) is 0 Å². The lowest BCUT2D eigenvalue weighted by Crippen LogP contribution is -2.46. The molecule has 2 unspecified atom stereocenters. The van der Waals surface area contributed by atoms with Gasteiger partial charge in [-0.2, -0.15) is 0 Å². The van der Waals surface area contributed by atoms with Crippen LogP contribution in [-0.4, -0.2) is 35.0 Å². The van der Waals surface area contributed by atoms with Gasteiger partial charge in [0.1, 0.15) is 12.1 Å². The van der Waals surface area contributed by atoms with E-state index in [1.54, 1.807) is 0 Å². The first-order valence-corrected chi connectivity index (χ1v) is 3.50. The molecule has 1 aliphatic rings. The molecule has 0 aromatic heterocycles. The highest BCUT2D eigenvalue weighted by molar-refractivity contribution is 5.73.